The lowest BCUT2D eigenvalue weighted by Gasteiger charge is -2.03. The molecule has 6 heteroatoms. The minimum absolute atomic E-state index is 0.504. The lowest BCUT2D eigenvalue weighted by atomic mass is 10.4. The fraction of sp³-hybridized carbons (Fsp3) is 0.556. The Morgan fingerprint density at radius 2 is 2.47 bits per heavy atom. The maximum Gasteiger partial charge on any atom is 0.0964 e. The van der Waals surface area contributed by atoms with E-state index < -0.39 is 0 Å². The van der Waals surface area contributed by atoms with Crippen molar-refractivity contribution in [1.82, 2.24) is 25.6 Å². The number of aromatic nitrogens is 3. The smallest absolute Gasteiger partial charge is 0.0964 e. The van der Waals surface area contributed by atoms with Gasteiger partial charge in [0.15, 0.2) is 0 Å². The van der Waals surface area contributed by atoms with E-state index in [1.165, 1.54) is 0 Å². The first kappa shape index (κ1) is 11.5. The summed E-state index contributed by atoms with van der Waals surface area (Å²) in [6.07, 6.45) is 2.88. The van der Waals surface area contributed by atoms with Crippen LogP contribution >= 0.6 is 0 Å². The Balaban J connectivity index is 2.22. The second-order valence-corrected chi connectivity index (χ2v) is 3.31. The van der Waals surface area contributed by atoms with Crippen molar-refractivity contribution in [1.29, 1.82) is 0 Å². The van der Waals surface area contributed by atoms with Gasteiger partial charge in [-0.25, -0.2) is 0 Å². The molecule has 0 bridgehead atoms. The molecule has 0 aliphatic carbocycles. The van der Waals surface area contributed by atoms with Crippen LogP contribution in [0, 0.1) is 0 Å². The zero-order valence-corrected chi connectivity index (χ0v) is 9.03. The summed E-state index contributed by atoms with van der Waals surface area (Å²) in [5.41, 5.74) is 6.32. The van der Waals surface area contributed by atoms with Crippen LogP contribution in [0.3, 0.4) is 0 Å². The van der Waals surface area contributed by atoms with E-state index in [0.29, 0.717) is 5.82 Å². The highest BCUT2D eigenvalue weighted by molar-refractivity contribution is 4.91. The van der Waals surface area contributed by atoms with Crippen LogP contribution in [0.2, 0.25) is 0 Å². The zero-order valence-electron chi connectivity index (χ0n) is 9.03. The minimum atomic E-state index is 0.504. The molecule has 0 saturated heterocycles. The Morgan fingerprint density at radius 1 is 1.67 bits per heavy atom. The third-order valence-corrected chi connectivity index (χ3v) is 1.86. The number of nitrogens with two attached hydrogens (primary N) is 1. The molecule has 0 atom stereocenters. The van der Waals surface area contributed by atoms with Crippen LogP contribution < -0.4 is 16.4 Å². The highest BCUT2D eigenvalue weighted by Crippen LogP contribution is 1.93. The summed E-state index contributed by atoms with van der Waals surface area (Å²) in [5, 5.41) is 14.0. The van der Waals surface area contributed by atoms with Gasteiger partial charge in [-0.1, -0.05) is 11.8 Å². The van der Waals surface area contributed by atoms with Gasteiger partial charge in [0.2, 0.25) is 0 Å². The van der Waals surface area contributed by atoms with Gasteiger partial charge in [-0.2, -0.15) is 0 Å². The van der Waals surface area contributed by atoms with Gasteiger partial charge in [-0.05, 0) is 13.5 Å². The van der Waals surface area contributed by atoms with E-state index >= 15 is 0 Å². The van der Waals surface area contributed by atoms with Crippen molar-refractivity contribution in [3.05, 3.63) is 24.3 Å². The summed E-state index contributed by atoms with van der Waals surface area (Å²) in [7, 11) is 1.88. The molecule has 0 spiro atoms. The van der Waals surface area contributed by atoms with E-state index in [1.807, 2.05) is 17.9 Å². The Bertz CT molecular complexity index is 305. The van der Waals surface area contributed by atoms with Gasteiger partial charge in [0.25, 0.3) is 0 Å². The minimum Gasteiger partial charge on any atom is -0.386 e. The first-order chi connectivity index (χ1) is 7.22. The first-order valence-electron chi connectivity index (χ1n) is 4.94. The summed E-state index contributed by atoms with van der Waals surface area (Å²) in [6.45, 7) is 5.93. The summed E-state index contributed by atoms with van der Waals surface area (Å²) < 4.78 is 1.83. The number of hydrogen-bond acceptors (Lipinski definition) is 5. The quantitative estimate of drug-likeness (QED) is 0.524. The van der Waals surface area contributed by atoms with Crippen LogP contribution in [0.1, 0.15) is 12.1 Å². The normalized spacial score (nSPS) is 10.2. The summed E-state index contributed by atoms with van der Waals surface area (Å²) in [6, 6.07) is 0. The maximum absolute atomic E-state index is 5.37. The predicted octanol–water partition coefficient (Wildman–Crippen LogP) is -0.593. The molecule has 0 unspecified atom stereocenters. The Hall–Kier alpha value is -1.56. The average Bonchev–Trinajstić information content (AvgIpc) is 2.61. The average molecular weight is 210 g/mol. The molecule has 4 N–H and O–H groups in total. The van der Waals surface area contributed by atoms with Crippen molar-refractivity contribution in [2.75, 3.05) is 13.6 Å². The molecule has 0 radical (unpaired) electrons. The molecule has 0 amide bonds. The van der Waals surface area contributed by atoms with E-state index in [1.54, 1.807) is 0 Å². The second kappa shape index (κ2) is 6.02. The van der Waals surface area contributed by atoms with Gasteiger partial charge >= 0.3 is 0 Å². The van der Waals surface area contributed by atoms with Gasteiger partial charge in [-0.3, -0.25) is 4.68 Å². The monoisotopic (exact) mass is 210 g/mol. The van der Waals surface area contributed by atoms with Gasteiger partial charge in [0.05, 0.1) is 11.5 Å². The van der Waals surface area contributed by atoms with Crippen LogP contribution in [0.15, 0.2) is 18.6 Å². The van der Waals surface area contributed by atoms with Gasteiger partial charge < -0.3 is 16.4 Å². The topological polar surface area (TPSA) is 80.8 Å². The van der Waals surface area contributed by atoms with E-state index in [0.717, 1.165) is 31.7 Å². The van der Waals surface area contributed by atoms with Crippen LogP contribution in [0.5, 0.6) is 0 Å². The Morgan fingerprint density at radius 3 is 3.13 bits per heavy atom. The molecule has 1 rings (SSSR count). The SMILES string of the molecule is C=C(N)NCCCn1cc(CNC)nn1. The number of hydrogen-bond donors (Lipinski definition) is 3. The maximum atomic E-state index is 5.37. The Kier molecular flexibility index (Phi) is 4.62. The number of nitrogens with zero attached hydrogens (tertiary/aromatic N) is 3. The van der Waals surface area contributed by atoms with Crippen molar-refractivity contribution < 1.29 is 0 Å². The Labute approximate surface area is 89.5 Å². The van der Waals surface area contributed by atoms with Crippen molar-refractivity contribution in [3.8, 4) is 0 Å². The fourth-order valence-corrected chi connectivity index (χ4v) is 1.20. The number of aryl methyl sites for hydroxylation is 1. The summed E-state index contributed by atoms with van der Waals surface area (Å²) >= 11 is 0. The molecule has 84 valence electrons. The first-order valence-corrected chi connectivity index (χ1v) is 4.94. The van der Waals surface area contributed by atoms with Crippen molar-refractivity contribution in [2.24, 2.45) is 5.73 Å². The molecule has 6 nitrogen and oxygen atoms in total. The molecule has 1 heterocycles. The zero-order chi connectivity index (χ0) is 11.1. The summed E-state index contributed by atoms with van der Waals surface area (Å²) in [4.78, 5) is 0. The number of nitrogens with one attached hydrogen (secondary N) is 2. The van der Waals surface area contributed by atoms with E-state index in [-0.39, 0.29) is 0 Å². The highest BCUT2D eigenvalue weighted by Gasteiger charge is 1.98. The molecular formula is C9H18N6. The third-order valence-electron chi connectivity index (χ3n) is 1.86. The number of rotatable bonds is 7. The molecule has 15 heavy (non-hydrogen) atoms. The standard InChI is InChI=1S/C9H18N6/c1-8(10)12-4-3-5-15-7-9(6-11-2)13-14-15/h7,11-12H,1,3-6,10H2,2H3. The van der Waals surface area contributed by atoms with Crippen molar-refractivity contribution in [3.63, 3.8) is 0 Å². The van der Waals surface area contributed by atoms with Gasteiger partial charge in [-0.15, -0.1) is 5.10 Å². The third kappa shape index (κ3) is 4.46. The van der Waals surface area contributed by atoms with E-state index in [4.69, 9.17) is 5.73 Å². The molecule has 1 aromatic heterocycles. The van der Waals surface area contributed by atoms with Crippen LogP contribution in [0.25, 0.3) is 0 Å². The van der Waals surface area contributed by atoms with Crippen LogP contribution in [-0.2, 0) is 13.1 Å². The largest absolute Gasteiger partial charge is 0.386 e. The van der Waals surface area contributed by atoms with Crippen LogP contribution in [0.4, 0.5) is 0 Å². The lowest BCUT2D eigenvalue weighted by Crippen LogP contribution is -2.21. The second-order valence-electron chi connectivity index (χ2n) is 3.31. The molecule has 0 aliphatic rings. The molecule has 0 aliphatic heterocycles. The molecular weight excluding hydrogens is 192 g/mol. The fourth-order valence-electron chi connectivity index (χ4n) is 1.20. The lowest BCUT2D eigenvalue weighted by molar-refractivity contribution is 0.545. The van der Waals surface area contributed by atoms with Gasteiger partial charge in [0, 0.05) is 25.8 Å². The summed E-state index contributed by atoms with van der Waals surface area (Å²) in [5.74, 6) is 0.504. The van der Waals surface area contributed by atoms with Crippen molar-refractivity contribution in [2.45, 2.75) is 19.5 Å². The molecule has 1 aromatic rings. The molecule has 0 saturated carbocycles. The van der Waals surface area contributed by atoms with Crippen LogP contribution in [-0.4, -0.2) is 28.6 Å². The van der Waals surface area contributed by atoms with Gasteiger partial charge in [0.1, 0.15) is 0 Å². The van der Waals surface area contributed by atoms with Crippen molar-refractivity contribution >= 4 is 0 Å². The van der Waals surface area contributed by atoms with E-state index in [9.17, 15) is 0 Å². The highest BCUT2D eigenvalue weighted by atomic mass is 15.4. The predicted molar refractivity (Wildman–Crippen MR) is 58.7 cm³/mol. The molecule has 0 fully saturated rings. The molecule has 0 aromatic carbocycles. The van der Waals surface area contributed by atoms with E-state index in [2.05, 4.69) is 27.5 Å².